The molecule has 2 N–H and O–H groups in total. The zero-order chi connectivity index (χ0) is 12.3. The van der Waals surface area contributed by atoms with Crippen molar-refractivity contribution in [3.63, 3.8) is 0 Å². The van der Waals surface area contributed by atoms with Crippen molar-refractivity contribution >= 4 is 9.84 Å². The van der Waals surface area contributed by atoms with Gasteiger partial charge in [0.25, 0.3) is 0 Å². The first-order chi connectivity index (χ1) is 8.12. The lowest BCUT2D eigenvalue weighted by Crippen LogP contribution is -2.39. The van der Waals surface area contributed by atoms with Gasteiger partial charge in [-0.05, 0) is 25.0 Å². The van der Waals surface area contributed by atoms with Gasteiger partial charge in [-0.15, -0.1) is 0 Å². The summed E-state index contributed by atoms with van der Waals surface area (Å²) in [6.07, 6.45) is 4.61. The van der Waals surface area contributed by atoms with Gasteiger partial charge in [-0.1, -0.05) is 37.5 Å². The Bertz CT molecular complexity index is 456. The van der Waals surface area contributed by atoms with Crippen LogP contribution in [0.5, 0.6) is 0 Å². The van der Waals surface area contributed by atoms with Gasteiger partial charge in [0.15, 0.2) is 9.84 Å². The van der Waals surface area contributed by atoms with E-state index >= 15 is 0 Å². The molecule has 0 aromatic heterocycles. The standard InChI is InChI=1S/C13H19NO2S/c14-12-9-5-2-6-10-13(12)17(15,16)11-7-3-1-4-8-11/h1,3-4,7-8,12-13H,2,5-6,9-10,14H2. The molecule has 2 atom stereocenters. The lowest BCUT2D eigenvalue weighted by Gasteiger charge is -2.21. The Hall–Kier alpha value is -0.870. The molecule has 4 heteroatoms. The second-order valence-electron chi connectivity index (χ2n) is 4.70. The van der Waals surface area contributed by atoms with Crippen molar-refractivity contribution < 1.29 is 8.42 Å². The van der Waals surface area contributed by atoms with E-state index in [-0.39, 0.29) is 6.04 Å². The Morgan fingerprint density at radius 3 is 2.35 bits per heavy atom. The van der Waals surface area contributed by atoms with E-state index < -0.39 is 15.1 Å². The van der Waals surface area contributed by atoms with Crippen molar-refractivity contribution in [3.05, 3.63) is 30.3 Å². The highest BCUT2D eigenvalue weighted by Crippen LogP contribution is 2.27. The van der Waals surface area contributed by atoms with Gasteiger partial charge in [0.2, 0.25) is 0 Å². The summed E-state index contributed by atoms with van der Waals surface area (Å²) in [7, 11) is -3.26. The number of sulfone groups is 1. The Labute approximate surface area is 103 Å². The molecule has 0 heterocycles. The zero-order valence-corrected chi connectivity index (χ0v) is 10.7. The first kappa shape index (κ1) is 12.6. The molecule has 1 aliphatic rings. The number of hydrogen-bond donors (Lipinski definition) is 1. The number of rotatable bonds is 2. The third kappa shape index (κ3) is 2.69. The van der Waals surface area contributed by atoms with Crippen LogP contribution < -0.4 is 5.73 Å². The predicted molar refractivity (Wildman–Crippen MR) is 68.5 cm³/mol. The Morgan fingerprint density at radius 2 is 1.65 bits per heavy atom. The number of hydrogen-bond acceptors (Lipinski definition) is 3. The van der Waals surface area contributed by atoms with Crippen molar-refractivity contribution in [3.8, 4) is 0 Å². The molecule has 0 amide bonds. The maximum atomic E-state index is 12.5. The van der Waals surface area contributed by atoms with Crippen LogP contribution in [0.25, 0.3) is 0 Å². The van der Waals surface area contributed by atoms with Gasteiger partial charge in [-0.2, -0.15) is 0 Å². The molecule has 0 aliphatic heterocycles. The molecule has 17 heavy (non-hydrogen) atoms. The van der Waals surface area contributed by atoms with E-state index in [1.165, 1.54) is 0 Å². The number of benzene rings is 1. The summed E-state index contributed by atoms with van der Waals surface area (Å²) in [6.45, 7) is 0. The number of nitrogens with two attached hydrogens (primary N) is 1. The molecule has 0 bridgehead atoms. The van der Waals surface area contributed by atoms with E-state index in [2.05, 4.69) is 0 Å². The fraction of sp³-hybridized carbons (Fsp3) is 0.538. The molecule has 0 spiro atoms. The van der Waals surface area contributed by atoms with Crippen LogP contribution in [0.1, 0.15) is 32.1 Å². The van der Waals surface area contributed by atoms with Gasteiger partial charge in [-0.25, -0.2) is 8.42 Å². The minimum atomic E-state index is -3.26. The average molecular weight is 253 g/mol. The van der Waals surface area contributed by atoms with Crippen LogP contribution >= 0.6 is 0 Å². The van der Waals surface area contributed by atoms with Crippen LogP contribution in [0.3, 0.4) is 0 Å². The van der Waals surface area contributed by atoms with Gasteiger partial charge < -0.3 is 5.73 Å². The van der Waals surface area contributed by atoms with Crippen molar-refractivity contribution in [1.29, 1.82) is 0 Å². The second kappa shape index (κ2) is 5.19. The Morgan fingerprint density at radius 1 is 1.00 bits per heavy atom. The molecule has 0 saturated heterocycles. The average Bonchev–Trinajstić information content (AvgIpc) is 2.55. The smallest absolute Gasteiger partial charge is 0.182 e. The van der Waals surface area contributed by atoms with Crippen LogP contribution in [0.15, 0.2) is 35.2 Å². The normalized spacial score (nSPS) is 26.4. The predicted octanol–water partition coefficient (Wildman–Crippen LogP) is 2.12. The summed E-state index contributed by atoms with van der Waals surface area (Å²) in [4.78, 5) is 0.405. The third-order valence-electron chi connectivity index (χ3n) is 3.47. The van der Waals surface area contributed by atoms with Crippen molar-refractivity contribution in [2.24, 2.45) is 5.73 Å². The topological polar surface area (TPSA) is 60.2 Å². The Kier molecular flexibility index (Phi) is 3.84. The summed E-state index contributed by atoms with van der Waals surface area (Å²) in [5, 5.41) is -0.410. The molecule has 1 aromatic carbocycles. The van der Waals surface area contributed by atoms with Crippen molar-refractivity contribution in [2.75, 3.05) is 0 Å². The molecule has 1 fully saturated rings. The molecule has 1 aliphatic carbocycles. The summed E-state index contributed by atoms with van der Waals surface area (Å²) >= 11 is 0. The summed E-state index contributed by atoms with van der Waals surface area (Å²) < 4.78 is 24.9. The van der Waals surface area contributed by atoms with Crippen LogP contribution in [0.4, 0.5) is 0 Å². The van der Waals surface area contributed by atoms with Crippen LogP contribution in [-0.4, -0.2) is 19.7 Å². The van der Waals surface area contributed by atoms with Gasteiger partial charge in [0.1, 0.15) is 0 Å². The monoisotopic (exact) mass is 253 g/mol. The summed E-state index contributed by atoms with van der Waals surface area (Å²) in [5.74, 6) is 0. The van der Waals surface area contributed by atoms with Crippen LogP contribution in [0, 0.1) is 0 Å². The molecular formula is C13H19NO2S. The van der Waals surface area contributed by atoms with E-state index in [9.17, 15) is 8.42 Å². The molecule has 1 aromatic rings. The van der Waals surface area contributed by atoms with Gasteiger partial charge in [-0.3, -0.25) is 0 Å². The third-order valence-corrected chi connectivity index (χ3v) is 5.79. The molecule has 1 saturated carbocycles. The van der Waals surface area contributed by atoms with E-state index in [4.69, 9.17) is 5.73 Å². The molecule has 2 rings (SSSR count). The molecule has 2 unspecified atom stereocenters. The second-order valence-corrected chi connectivity index (χ2v) is 6.87. The zero-order valence-electron chi connectivity index (χ0n) is 9.88. The van der Waals surface area contributed by atoms with Gasteiger partial charge in [0, 0.05) is 6.04 Å². The maximum Gasteiger partial charge on any atom is 0.182 e. The molecular weight excluding hydrogens is 234 g/mol. The Balaban J connectivity index is 2.31. The van der Waals surface area contributed by atoms with E-state index in [1.807, 2.05) is 6.07 Å². The molecule has 94 valence electrons. The summed E-state index contributed by atoms with van der Waals surface area (Å²) in [5.41, 5.74) is 6.02. The maximum absolute atomic E-state index is 12.5. The summed E-state index contributed by atoms with van der Waals surface area (Å²) in [6, 6.07) is 8.44. The van der Waals surface area contributed by atoms with E-state index in [0.29, 0.717) is 11.3 Å². The van der Waals surface area contributed by atoms with Gasteiger partial charge >= 0.3 is 0 Å². The molecule has 0 radical (unpaired) electrons. The minimum absolute atomic E-state index is 0.220. The highest BCUT2D eigenvalue weighted by Gasteiger charge is 2.33. The first-order valence-electron chi connectivity index (χ1n) is 6.17. The highest BCUT2D eigenvalue weighted by molar-refractivity contribution is 7.92. The molecule has 3 nitrogen and oxygen atoms in total. The lowest BCUT2D eigenvalue weighted by molar-refractivity contribution is 0.531. The minimum Gasteiger partial charge on any atom is -0.327 e. The van der Waals surface area contributed by atoms with Crippen LogP contribution in [-0.2, 0) is 9.84 Å². The van der Waals surface area contributed by atoms with Crippen molar-refractivity contribution in [1.82, 2.24) is 0 Å². The lowest BCUT2D eigenvalue weighted by atomic mass is 10.1. The fourth-order valence-electron chi connectivity index (χ4n) is 2.47. The van der Waals surface area contributed by atoms with Crippen molar-refractivity contribution in [2.45, 2.75) is 48.3 Å². The first-order valence-corrected chi connectivity index (χ1v) is 7.71. The van der Waals surface area contributed by atoms with E-state index in [0.717, 1.165) is 25.7 Å². The highest BCUT2D eigenvalue weighted by atomic mass is 32.2. The fourth-order valence-corrected chi connectivity index (χ4v) is 4.43. The quantitative estimate of drug-likeness (QED) is 0.821. The van der Waals surface area contributed by atoms with Crippen LogP contribution in [0.2, 0.25) is 0 Å². The van der Waals surface area contributed by atoms with E-state index in [1.54, 1.807) is 24.3 Å². The van der Waals surface area contributed by atoms with Gasteiger partial charge in [0.05, 0.1) is 10.1 Å². The largest absolute Gasteiger partial charge is 0.327 e. The SMILES string of the molecule is NC1CCCCCC1S(=O)(=O)c1ccccc1.